The standard InChI is InChI=1S/C17H33N3OS/c1-4-5-6-7-10-19-11-8-17(9-12-19)20(14-13-18(2)3)16(21)15-22-17/h4-15H2,1-3H3. The first kappa shape index (κ1) is 18.1. The van der Waals surface area contributed by atoms with Crippen molar-refractivity contribution in [3.05, 3.63) is 0 Å². The molecule has 128 valence electrons. The van der Waals surface area contributed by atoms with E-state index in [0.717, 1.165) is 39.0 Å². The van der Waals surface area contributed by atoms with E-state index >= 15 is 0 Å². The third kappa shape index (κ3) is 4.62. The van der Waals surface area contributed by atoms with Gasteiger partial charge in [0.2, 0.25) is 5.91 Å². The number of likely N-dealkylation sites (tertiary alicyclic amines) is 1. The second-order valence-corrected chi connectivity index (χ2v) is 8.32. The molecule has 4 nitrogen and oxygen atoms in total. The first-order valence-electron chi connectivity index (χ1n) is 8.89. The predicted octanol–water partition coefficient (Wildman–Crippen LogP) is 2.50. The van der Waals surface area contributed by atoms with Crippen molar-refractivity contribution in [1.29, 1.82) is 0 Å². The van der Waals surface area contributed by atoms with Gasteiger partial charge in [-0.15, -0.1) is 11.8 Å². The normalized spacial score (nSPS) is 22.2. The number of unbranched alkanes of at least 4 members (excludes halogenated alkanes) is 3. The number of likely N-dealkylation sites (N-methyl/N-ethyl adjacent to an activating group) is 1. The van der Waals surface area contributed by atoms with Crippen LogP contribution in [0.4, 0.5) is 0 Å². The molecule has 0 aromatic carbocycles. The molecular weight excluding hydrogens is 294 g/mol. The minimum Gasteiger partial charge on any atom is -0.326 e. The molecule has 2 saturated heterocycles. The summed E-state index contributed by atoms with van der Waals surface area (Å²) in [4.78, 5) is 19.3. The van der Waals surface area contributed by atoms with E-state index in [9.17, 15) is 4.79 Å². The van der Waals surface area contributed by atoms with Gasteiger partial charge in [-0.2, -0.15) is 0 Å². The molecule has 2 aliphatic rings. The van der Waals surface area contributed by atoms with Crippen LogP contribution in [0.5, 0.6) is 0 Å². The lowest BCUT2D eigenvalue weighted by molar-refractivity contribution is -0.131. The fourth-order valence-electron chi connectivity index (χ4n) is 3.51. The molecule has 2 rings (SSSR count). The SMILES string of the molecule is CCCCCCN1CCC2(CC1)SCC(=O)N2CCN(C)C. The molecular formula is C17H33N3OS. The van der Waals surface area contributed by atoms with Gasteiger partial charge in [-0.3, -0.25) is 4.79 Å². The highest BCUT2D eigenvalue weighted by atomic mass is 32.2. The van der Waals surface area contributed by atoms with Crippen molar-refractivity contribution < 1.29 is 4.79 Å². The van der Waals surface area contributed by atoms with E-state index in [1.807, 2.05) is 11.8 Å². The van der Waals surface area contributed by atoms with Gasteiger partial charge in [0, 0.05) is 26.2 Å². The second-order valence-electron chi connectivity index (χ2n) is 6.99. The third-order valence-corrected chi connectivity index (χ3v) is 6.55. The zero-order chi connectivity index (χ0) is 16.0. The number of rotatable bonds is 8. The quantitative estimate of drug-likeness (QED) is 0.640. The van der Waals surface area contributed by atoms with E-state index in [2.05, 4.69) is 35.7 Å². The summed E-state index contributed by atoms with van der Waals surface area (Å²) in [6.45, 7) is 7.67. The van der Waals surface area contributed by atoms with Crippen LogP contribution < -0.4 is 0 Å². The average Bonchev–Trinajstić information content (AvgIpc) is 2.80. The summed E-state index contributed by atoms with van der Waals surface area (Å²) < 4.78 is 0. The number of nitrogens with zero attached hydrogens (tertiary/aromatic N) is 3. The lowest BCUT2D eigenvalue weighted by Gasteiger charge is -2.44. The number of hydrogen-bond donors (Lipinski definition) is 0. The fraction of sp³-hybridized carbons (Fsp3) is 0.941. The fourth-order valence-corrected chi connectivity index (χ4v) is 4.88. The second kappa shape index (κ2) is 8.55. The number of carbonyl (C=O) groups excluding carboxylic acids is 1. The van der Waals surface area contributed by atoms with E-state index in [4.69, 9.17) is 0 Å². The Morgan fingerprint density at radius 2 is 1.86 bits per heavy atom. The van der Waals surface area contributed by atoms with Crippen LogP contribution >= 0.6 is 11.8 Å². The number of thioether (sulfide) groups is 1. The van der Waals surface area contributed by atoms with Crippen molar-refractivity contribution in [2.75, 3.05) is 52.6 Å². The lowest BCUT2D eigenvalue weighted by Crippen LogP contribution is -2.53. The zero-order valence-corrected chi connectivity index (χ0v) is 15.5. The molecule has 22 heavy (non-hydrogen) atoms. The highest BCUT2D eigenvalue weighted by molar-refractivity contribution is 8.01. The van der Waals surface area contributed by atoms with Gasteiger partial charge in [0.05, 0.1) is 10.6 Å². The summed E-state index contributed by atoms with van der Waals surface area (Å²) in [6, 6.07) is 0. The predicted molar refractivity (Wildman–Crippen MR) is 95.3 cm³/mol. The molecule has 2 aliphatic heterocycles. The first-order valence-corrected chi connectivity index (χ1v) is 9.87. The summed E-state index contributed by atoms with van der Waals surface area (Å²) in [7, 11) is 4.17. The van der Waals surface area contributed by atoms with E-state index < -0.39 is 0 Å². The van der Waals surface area contributed by atoms with Gasteiger partial charge in [-0.1, -0.05) is 26.2 Å². The Morgan fingerprint density at radius 1 is 1.14 bits per heavy atom. The Morgan fingerprint density at radius 3 is 2.50 bits per heavy atom. The number of piperidine rings is 1. The number of amides is 1. The maximum absolute atomic E-state index is 12.3. The highest BCUT2D eigenvalue weighted by Gasteiger charge is 2.47. The van der Waals surface area contributed by atoms with Gasteiger partial charge in [-0.05, 0) is 39.9 Å². The van der Waals surface area contributed by atoms with Crippen molar-refractivity contribution in [1.82, 2.24) is 14.7 Å². The van der Waals surface area contributed by atoms with Gasteiger partial charge in [0.15, 0.2) is 0 Å². The Balaban J connectivity index is 1.81. The van der Waals surface area contributed by atoms with Crippen LogP contribution in [0.3, 0.4) is 0 Å². The Labute approximate surface area is 140 Å². The van der Waals surface area contributed by atoms with E-state index in [1.165, 1.54) is 32.2 Å². The van der Waals surface area contributed by atoms with Crippen molar-refractivity contribution in [3.63, 3.8) is 0 Å². The van der Waals surface area contributed by atoms with Crippen LogP contribution in [0.25, 0.3) is 0 Å². The third-order valence-electron chi connectivity index (χ3n) is 4.99. The summed E-state index contributed by atoms with van der Waals surface area (Å²) >= 11 is 1.90. The monoisotopic (exact) mass is 327 g/mol. The van der Waals surface area contributed by atoms with E-state index in [-0.39, 0.29) is 4.87 Å². The van der Waals surface area contributed by atoms with Gasteiger partial charge < -0.3 is 14.7 Å². The number of carbonyl (C=O) groups is 1. The molecule has 0 radical (unpaired) electrons. The van der Waals surface area contributed by atoms with Crippen molar-refractivity contribution >= 4 is 17.7 Å². The van der Waals surface area contributed by atoms with E-state index in [1.54, 1.807) is 0 Å². The summed E-state index contributed by atoms with van der Waals surface area (Å²) in [6.07, 6.45) is 7.65. The molecule has 5 heteroatoms. The minimum absolute atomic E-state index is 0.104. The Hall–Kier alpha value is -0.260. The smallest absolute Gasteiger partial charge is 0.233 e. The number of hydrogen-bond acceptors (Lipinski definition) is 4. The first-order chi connectivity index (χ1) is 10.6. The molecule has 0 N–H and O–H groups in total. The van der Waals surface area contributed by atoms with Crippen molar-refractivity contribution in [2.45, 2.75) is 50.3 Å². The molecule has 0 atom stereocenters. The molecule has 2 heterocycles. The van der Waals surface area contributed by atoms with E-state index in [0.29, 0.717) is 11.7 Å². The van der Waals surface area contributed by atoms with Crippen molar-refractivity contribution in [3.8, 4) is 0 Å². The molecule has 2 fully saturated rings. The molecule has 1 spiro atoms. The van der Waals surface area contributed by atoms with Crippen LogP contribution in [-0.4, -0.2) is 78.0 Å². The zero-order valence-electron chi connectivity index (χ0n) is 14.6. The maximum Gasteiger partial charge on any atom is 0.233 e. The summed E-state index contributed by atoms with van der Waals surface area (Å²) in [5.74, 6) is 1.03. The average molecular weight is 328 g/mol. The Kier molecular flexibility index (Phi) is 7.03. The van der Waals surface area contributed by atoms with Crippen LogP contribution in [0.1, 0.15) is 45.4 Å². The molecule has 0 bridgehead atoms. The topological polar surface area (TPSA) is 26.8 Å². The minimum atomic E-state index is 0.104. The Bertz CT molecular complexity index is 354. The van der Waals surface area contributed by atoms with Crippen molar-refractivity contribution in [2.24, 2.45) is 0 Å². The highest BCUT2D eigenvalue weighted by Crippen LogP contribution is 2.44. The van der Waals surface area contributed by atoms with Gasteiger partial charge in [-0.25, -0.2) is 0 Å². The summed E-state index contributed by atoms with van der Waals surface area (Å²) in [5.41, 5.74) is 0. The van der Waals surface area contributed by atoms with Crippen LogP contribution in [0.15, 0.2) is 0 Å². The van der Waals surface area contributed by atoms with Gasteiger partial charge >= 0.3 is 0 Å². The molecule has 0 unspecified atom stereocenters. The maximum atomic E-state index is 12.3. The summed E-state index contributed by atoms with van der Waals surface area (Å²) in [5, 5.41) is 0. The van der Waals surface area contributed by atoms with Crippen LogP contribution in [0.2, 0.25) is 0 Å². The van der Waals surface area contributed by atoms with Gasteiger partial charge in [0.1, 0.15) is 0 Å². The molecule has 0 aromatic heterocycles. The van der Waals surface area contributed by atoms with Crippen LogP contribution in [-0.2, 0) is 4.79 Å². The van der Waals surface area contributed by atoms with Crippen LogP contribution in [0, 0.1) is 0 Å². The molecule has 0 saturated carbocycles. The lowest BCUT2D eigenvalue weighted by atomic mass is 10.0. The van der Waals surface area contributed by atoms with Gasteiger partial charge in [0.25, 0.3) is 0 Å². The molecule has 1 amide bonds. The largest absolute Gasteiger partial charge is 0.326 e. The molecule has 0 aromatic rings. The molecule has 0 aliphatic carbocycles.